The summed E-state index contributed by atoms with van der Waals surface area (Å²) >= 11 is 0. The molecule has 2 aromatic heterocycles. The van der Waals surface area contributed by atoms with Gasteiger partial charge in [-0.15, -0.1) is 12.4 Å². The van der Waals surface area contributed by atoms with E-state index in [0.717, 1.165) is 0 Å². The molecule has 2 heterocycles. The number of rotatable bonds is 8. The normalized spacial score (nSPS) is 11.6. The summed E-state index contributed by atoms with van der Waals surface area (Å²) in [5.74, 6) is 0.0836. The molecule has 0 radical (unpaired) electrons. The van der Waals surface area contributed by atoms with Gasteiger partial charge in [0.1, 0.15) is 5.52 Å². The second-order valence-corrected chi connectivity index (χ2v) is 8.74. The van der Waals surface area contributed by atoms with E-state index in [4.69, 9.17) is 9.47 Å². The molecule has 0 unspecified atom stereocenters. The molecule has 0 aliphatic heterocycles. The van der Waals surface area contributed by atoms with Crippen LogP contribution in [0.25, 0.3) is 21.8 Å². The van der Waals surface area contributed by atoms with Gasteiger partial charge in [-0.3, -0.25) is 4.79 Å². The van der Waals surface area contributed by atoms with Crippen molar-refractivity contribution in [3.8, 4) is 5.75 Å². The summed E-state index contributed by atoms with van der Waals surface area (Å²) < 4.78 is 37.3. The van der Waals surface area contributed by atoms with Gasteiger partial charge in [0.25, 0.3) is 5.56 Å². The highest BCUT2D eigenvalue weighted by atomic mass is 35.5. The quantitative estimate of drug-likeness (QED) is 0.428. The Hall–Kier alpha value is -2.60. The van der Waals surface area contributed by atoms with Gasteiger partial charge in [0.05, 0.1) is 16.9 Å². The molecule has 31 heavy (non-hydrogen) atoms. The number of aromatic nitrogens is 2. The number of hydrogen-bond acceptors (Lipinski definition) is 7. The van der Waals surface area contributed by atoms with E-state index >= 15 is 0 Å². The van der Waals surface area contributed by atoms with E-state index in [2.05, 4.69) is 15.3 Å². The molecule has 0 amide bonds. The Kier molecular flexibility index (Phi) is 8.07. The Morgan fingerprint density at radius 2 is 2.03 bits per heavy atom. The monoisotopic (exact) mass is 472 g/mol. The van der Waals surface area contributed by atoms with Crippen molar-refractivity contribution in [2.75, 3.05) is 33.8 Å². The fraction of sp³-hybridized carbons (Fsp3) is 0.368. The first-order valence-corrected chi connectivity index (χ1v) is 10.9. The van der Waals surface area contributed by atoms with E-state index < -0.39 is 21.7 Å². The minimum Gasteiger partial charge on any atom is -0.434 e. The van der Waals surface area contributed by atoms with Crippen LogP contribution in [0.5, 0.6) is 5.75 Å². The number of likely N-dealkylation sites (N-methyl/N-ethyl adjacent to an activating group) is 2. The van der Waals surface area contributed by atoms with Gasteiger partial charge in [-0.25, -0.2) is 13.2 Å². The molecular formula is C19H25ClN4O6S. The lowest BCUT2D eigenvalue weighted by Crippen LogP contribution is -2.32. The van der Waals surface area contributed by atoms with Crippen LogP contribution >= 0.6 is 12.4 Å². The van der Waals surface area contributed by atoms with Crippen molar-refractivity contribution in [1.29, 1.82) is 0 Å². The fourth-order valence-electron chi connectivity index (χ4n) is 2.99. The number of ether oxygens (including phenoxy) is 2. The Bertz CT molecular complexity index is 1240. The van der Waals surface area contributed by atoms with Gasteiger partial charge >= 0.3 is 6.16 Å². The average Bonchev–Trinajstić information content (AvgIpc) is 3.14. The number of sulfonamides is 1. The van der Waals surface area contributed by atoms with Crippen LogP contribution < -0.4 is 15.6 Å². The van der Waals surface area contributed by atoms with Gasteiger partial charge in [-0.05, 0) is 31.7 Å². The summed E-state index contributed by atoms with van der Waals surface area (Å²) in [6, 6.07) is 4.40. The minimum atomic E-state index is -3.75. The lowest BCUT2D eigenvalue weighted by molar-refractivity contribution is 0.0997. The molecular weight excluding hydrogens is 448 g/mol. The second-order valence-electron chi connectivity index (χ2n) is 6.70. The van der Waals surface area contributed by atoms with Gasteiger partial charge in [0, 0.05) is 37.2 Å². The van der Waals surface area contributed by atoms with E-state index in [0.29, 0.717) is 35.8 Å². The van der Waals surface area contributed by atoms with Crippen molar-refractivity contribution in [1.82, 2.24) is 19.6 Å². The number of nitrogens with zero attached hydrogens (tertiary/aromatic N) is 1. The standard InChI is InChI=1S/C19H24N4O6S.ClH/c1-4-9-28-19(25)29-15-11-21-17-16(15)13-10-12(5-6-14(13)22-18(17)24)30(26,27)23(3)8-7-20-2;/h5-6,10-11,20-21H,4,7-9H2,1-3H3,(H,22,24);1H. The highest BCUT2D eigenvalue weighted by Gasteiger charge is 2.23. The van der Waals surface area contributed by atoms with Crippen molar-refractivity contribution in [3.63, 3.8) is 0 Å². The molecule has 0 aliphatic carbocycles. The summed E-state index contributed by atoms with van der Waals surface area (Å²) in [7, 11) is -0.521. The van der Waals surface area contributed by atoms with E-state index in [1.165, 1.54) is 35.7 Å². The van der Waals surface area contributed by atoms with Crippen LogP contribution in [0.15, 0.2) is 34.1 Å². The molecule has 12 heteroatoms. The van der Waals surface area contributed by atoms with Gasteiger partial charge in [-0.1, -0.05) is 6.92 Å². The summed E-state index contributed by atoms with van der Waals surface area (Å²) in [5, 5.41) is 3.63. The zero-order valence-electron chi connectivity index (χ0n) is 17.4. The van der Waals surface area contributed by atoms with Crippen LogP contribution in [-0.4, -0.2) is 62.6 Å². The molecule has 10 nitrogen and oxygen atoms in total. The molecule has 0 saturated heterocycles. The van der Waals surface area contributed by atoms with E-state index in [-0.39, 0.29) is 35.2 Å². The number of aromatic amines is 2. The van der Waals surface area contributed by atoms with Gasteiger partial charge in [-0.2, -0.15) is 4.31 Å². The summed E-state index contributed by atoms with van der Waals surface area (Å²) in [6.45, 7) is 2.83. The molecule has 1 aromatic carbocycles. The molecule has 0 bridgehead atoms. The predicted octanol–water partition coefficient (Wildman–Crippen LogP) is 2.20. The zero-order chi connectivity index (χ0) is 21.9. The van der Waals surface area contributed by atoms with Gasteiger partial charge in [0.2, 0.25) is 10.0 Å². The predicted molar refractivity (Wildman–Crippen MR) is 120 cm³/mol. The number of H-pyrrole nitrogens is 2. The summed E-state index contributed by atoms with van der Waals surface area (Å²) in [4.78, 5) is 29.8. The lowest BCUT2D eigenvalue weighted by Gasteiger charge is -2.17. The summed E-state index contributed by atoms with van der Waals surface area (Å²) in [6.07, 6.45) is 1.10. The maximum absolute atomic E-state index is 12.9. The number of nitrogens with one attached hydrogen (secondary N) is 3. The molecule has 0 fully saturated rings. The number of carbonyl (C=O) groups excluding carboxylic acids is 1. The molecule has 0 spiro atoms. The molecule has 170 valence electrons. The van der Waals surface area contributed by atoms with Crippen LogP contribution in [0.4, 0.5) is 4.79 Å². The number of fused-ring (bicyclic) bond motifs is 3. The van der Waals surface area contributed by atoms with Crippen LogP contribution in [0.2, 0.25) is 0 Å². The number of carbonyl (C=O) groups is 1. The van der Waals surface area contributed by atoms with E-state index in [9.17, 15) is 18.0 Å². The van der Waals surface area contributed by atoms with Gasteiger partial charge < -0.3 is 24.8 Å². The third-order valence-corrected chi connectivity index (χ3v) is 6.43. The third kappa shape index (κ3) is 5.01. The first kappa shape index (κ1) is 24.7. The Balaban J connectivity index is 0.00000341. The molecule has 3 N–H and O–H groups in total. The largest absolute Gasteiger partial charge is 0.513 e. The second kappa shape index (κ2) is 10.1. The fourth-order valence-corrected chi connectivity index (χ4v) is 4.19. The van der Waals surface area contributed by atoms with Crippen molar-refractivity contribution < 1.29 is 22.7 Å². The SMILES string of the molecule is CCCOC(=O)Oc1c[nH]c2c(=O)[nH]c3ccc(S(=O)(=O)N(C)CCNC)cc3c12.Cl. The van der Waals surface area contributed by atoms with Crippen molar-refractivity contribution in [2.45, 2.75) is 18.2 Å². The van der Waals surface area contributed by atoms with Crippen molar-refractivity contribution in [3.05, 3.63) is 34.7 Å². The maximum Gasteiger partial charge on any atom is 0.513 e. The smallest absolute Gasteiger partial charge is 0.434 e. The van der Waals surface area contributed by atoms with Crippen LogP contribution in [-0.2, 0) is 14.8 Å². The first-order valence-electron chi connectivity index (χ1n) is 9.42. The third-order valence-electron chi connectivity index (χ3n) is 4.58. The van der Waals surface area contributed by atoms with Crippen molar-refractivity contribution >= 4 is 50.4 Å². The molecule has 0 atom stereocenters. The molecule has 3 aromatic rings. The highest BCUT2D eigenvalue weighted by molar-refractivity contribution is 7.89. The minimum absolute atomic E-state index is 0. The van der Waals surface area contributed by atoms with E-state index in [1.807, 2.05) is 6.92 Å². The van der Waals surface area contributed by atoms with E-state index in [1.54, 1.807) is 7.05 Å². The number of hydrogen-bond donors (Lipinski definition) is 3. The maximum atomic E-state index is 12.9. The molecule has 0 aliphatic rings. The van der Waals surface area contributed by atoms with Crippen LogP contribution in [0.3, 0.4) is 0 Å². The Morgan fingerprint density at radius 1 is 1.29 bits per heavy atom. The highest BCUT2D eigenvalue weighted by Crippen LogP contribution is 2.32. The average molecular weight is 473 g/mol. The first-order chi connectivity index (χ1) is 14.3. The topological polar surface area (TPSA) is 134 Å². The van der Waals surface area contributed by atoms with Crippen molar-refractivity contribution in [2.24, 2.45) is 0 Å². The van der Waals surface area contributed by atoms with Crippen LogP contribution in [0.1, 0.15) is 13.3 Å². The number of halogens is 1. The zero-order valence-corrected chi connectivity index (χ0v) is 19.0. The Labute approximate surface area is 185 Å². The van der Waals surface area contributed by atoms with Crippen LogP contribution in [0, 0.1) is 0 Å². The summed E-state index contributed by atoms with van der Waals surface area (Å²) in [5.41, 5.74) is 0.158. The Morgan fingerprint density at radius 3 is 2.71 bits per heavy atom. The lowest BCUT2D eigenvalue weighted by atomic mass is 10.1. The van der Waals surface area contributed by atoms with Gasteiger partial charge in [0.15, 0.2) is 5.75 Å². The number of pyridine rings is 1. The number of benzene rings is 1. The molecule has 0 saturated carbocycles. The molecule has 3 rings (SSSR count).